The first-order chi connectivity index (χ1) is 16.1. The first-order valence-electron chi connectivity index (χ1n) is 11.3. The van der Waals surface area contributed by atoms with Gasteiger partial charge in [-0.3, -0.25) is 14.9 Å². The van der Waals surface area contributed by atoms with Crippen molar-refractivity contribution in [1.82, 2.24) is 20.5 Å². The number of piperidine rings is 1. The van der Waals surface area contributed by atoms with E-state index in [9.17, 15) is 0 Å². The van der Waals surface area contributed by atoms with E-state index in [1.54, 1.807) is 6.20 Å². The summed E-state index contributed by atoms with van der Waals surface area (Å²) in [6, 6.07) is 10.4. The summed E-state index contributed by atoms with van der Waals surface area (Å²) in [5, 5.41) is 8.31. The van der Waals surface area contributed by atoms with Crippen LogP contribution in [-0.2, 0) is 6.54 Å². The molecule has 172 valence electrons. The molecule has 33 heavy (non-hydrogen) atoms. The molecule has 2 aliphatic rings. The number of halogens is 2. The van der Waals surface area contributed by atoms with Gasteiger partial charge in [-0.25, -0.2) is 0 Å². The number of nitrogens with one attached hydrogen (secondary N) is 2. The molecule has 2 aliphatic heterocycles. The molecule has 3 heterocycles. The van der Waals surface area contributed by atoms with E-state index in [0.717, 1.165) is 61.7 Å². The van der Waals surface area contributed by atoms with Crippen LogP contribution in [0.4, 0.5) is 0 Å². The highest BCUT2D eigenvalue weighted by atomic mass is 35.5. The molecule has 0 aliphatic carbocycles. The minimum absolute atomic E-state index is 0.520. The molecule has 0 amide bonds. The summed E-state index contributed by atoms with van der Waals surface area (Å²) in [5.74, 6) is 0.803. The van der Waals surface area contributed by atoms with Gasteiger partial charge in [0, 0.05) is 48.4 Å². The quantitative estimate of drug-likeness (QED) is 0.540. The second kappa shape index (κ2) is 11.6. The normalized spacial score (nSPS) is 18.8. The van der Waals surface area contributed by atoms with E-state index in [-0.39, 0.29) is 0 Å². The van der Waals surface area contributed by atoms with Crippen LogP contribution in [0.5, 0.6) is 0 Å². The lowest BCUT2D eigenvalue weighted by molar-refractivity contribution is 0.191. The van der Waals surface area contributed by atoms with Gasteiger partial charge in [0.2, 0.25) is 0 Å². The number of allylic oxidation sites excluding steroid dienone is 2. The zero-order valence-electron chi connectivity index (χ0n) is 18.6. The number of aliphatic imine (C=N–C) groups is 1. The van der Waals surface area contributed by atoms with E-state index in [0.29, 0.717) is 22.6 Å². The minimum Gasteiger partial charge on any atom is -0.340 e. The molecular weight excluding hydrogens is 453 g/mol. The molecule has 0 unspecified atom stereocenters. The van der Waals surface area contributed by atoms with Gasteiger partial charge in [-0.2, -0.15) is 0 Å². The van der Waals surface area contributed by atoms with Gasteiger partial charge in [0.05, 0.1) is 16.6 Å². The lowest BCUT2D eigenvalue weighted by Crippen LogP contribution is -2.42. The Kier molecular flexibility index (Phi) is 8.35. The topological polar surface area (TPSA) is 52.6 Å². The average Bonchev–Trinajstić information content (AvgIpc) is 3.02. The van der Waals surface area contributed by atoms with Crippen LogP contribution < -0.4 is 10.6 Å². The number of nitrogens with zero attached hydrogens (tertiary/aromatic N) is 3. The number of benzene rings is 1. The zero-order valence-corrected chi connectivity index (χ0v) is 20.1. The predicted molar refractivity (Wildman–Crippen MR) is 139 cm³/mol. The number of pyridine rings is 1. The van der Waals surface area contributed by atoms with Crippen LogP contribution in [0.25, 0.3) is 5.70 Å². The van der Waals surface area contributed by atoms with Crippen molar-refractivity contribution in [1.29, 1.82) is 0 Å². The highest BCUT2D eigenvalue weighted by molar-refractivity contribution is 6.42. The Morgan fingerprint density at radius 1 is 1.18 bits per heavy atom. The number of hydrogen-bond acceptors (Lipinski definition) is 4. The molecule has 2 aromatic rings. The van der Waals surface area contributed by atoms with E-state index in [1.807, 2.05) is 48.7 Å². The zero-order chi connectivity index (χ0) is 23.0. The number of likely N-dealkylation sites (tertiary alicyclic amines) is 1. The lowest BCUT2D eigenvalue weighted by Gasteiger charge is -2.32. The third-order valence-electron chi connectivity index (χ3n) is 5.88. The van der Waals surface area contributed by atoms with Crippen LogP contribution in [0.2, 0.25) is 10.0 Å². The first-order valence-corrected chi connectivity index (χ1v) is 12.0. The molecule has 1 fully saturated rings. The van der Waals surface area contributed by atoms with E-state index in [4.69, 9.17) is 28.2 Å². The van der Waals surface area contributed by atoms with Crippen LogP contribution in [0.3, 0.4) is 0 Å². The van der Waals surface area contributed by atoms with Crippen molar-refractivity contribution >= 4 is 34.7 Å². The number of rotatable bonds is 7. The predicted octanol–water partition coefficient (Wildman–Crippen LogP) is 5.10. The van der Waals surface area contributed by atoms with Crippen molar-refractivity contribution in [2.24, 2.45) is 4.99 Å². The van der Waals surface area contributed by atoms with Gasteiger partial charge < -0.3 is 10.6 Å². The number of aromatic nitrogens is 1. The SMILES string of the molecule is C=C1C=CC=C(c2cccnc2)NC1=NCCNC1CCN(Cc2ccc(Cl)c(Cl)c2)CC1. The van der Waals surface area contributed by atoms with Crippen LogP contribution in [-0.4, -0.2) is 47.9 Å². The van der Waals surface area contributed by atoms with Crippen molar-refractivity contribution in [3.63, 3.8) is 0 Å². The maximum Gasteiger partial charge on any atom is 0.132 e. The monoisotopic (exact) mass is 481 g/mol. The molecule has 4 rings (SSSR count). The summed E-state index contributed by atoms with van der Waals surface area (Å²) in [5.41, 5.74) is 4.08. The molecule has 5 nitrogen and oxygen atoms in total. The van der Waals surface area contributed by atoms with Crippen molar-refractivity contribution in [3.05, 3.63) is 94.3 Å². The van der Waals surface area contributed by atoms with Crippen molar-refractivity contribution in [3.8, 4) is 0 Å². The van der Waals surface area contributed by atoms with Crippen molar-refractivity contribution in [2.75, 3.05) is 26.2 Å². The second-order valence-corrected chi connectivity index (χ2v) is 9.13. The summed E-state index contributed by atoms with van der Waals surface area (Å²) in [7, 11) is 0. The van der Waals surface area contributed by atoms with Crippen molar-refractivity contribution < 1.29 is 0 Å². The fourth-order valence-corrected chi connectivity index (χ4v) is 4.37. The van der Waals surface area contributed by atoms with Gasteiger partial charge in [0.1, 0.15) is 5.84 Å². The Morgan fingerprint density at radius 3 is 2.79 bits per heavy atom. The standard InChI is InChI=1S/C26H29Cl2N5/c1-19-4-2-6-25(21-5-3-11-29-17-21)32-26(19)31-13-12-30-22-9-14-33(15-10-22)18-20-7-8-23(27)24(28)16-20/h2-8,11,16-17,22,30H,1,9-10,12-15,18H2,(H,31,32). The summed E-state index contributed by atoms with van der Waals surface area (Å²) >= 11 is 12.2. The molecule has 7 heteroatoms. The largest absolute Gasteiger partial charge is 0.340 e. The maximum atomic E-state index is 6.15. The second-order valence-electron chi connectivity index (χ2n) is 8.31. The number of hydrogen-bond donors (Lipinski definition) is 2. The first kappa shape index (κ1) is 23.7. The molecule has 1 saturated heterocycles. The molecule has 1 aromatic carbocycles. The molecule has 0 bridgehead atoms. The van der Waals surface area contributed by atoms with E-state index < -0.39 is 0 Å². The van der Waals surface area contributed by atoms with Crippen LogP contribution in [0.15, 0.2) is 78.1 Å². The Bertz CT molecular complexity index is 1050. The maximum absolute atomic E-state index is 6.15. The van der Waals surface area contributed by atoms with Gasteiger partial charge in [0.15, 0.2) is 0 Å². The van der Waals surface area contributed by atoms with Crippen LogP contribution in [0, 0.1) is 0 Å². The van der Waals surface area contributed by atoms with E-state index in [1.165, 1.54) is 5.56 Å². The Hall–Kier alpha value is -2.44. The molecule has 2 N–H and O–H groups in total. The molecule has 0 spiro atoms. The van der Waals surface area contributed by atoms with Gasteiger partial charge in [-0.05, 0) is 61.8 Å². The fraction of sp³-hybridized carbons (Fsp3) is 0.308. The Labute approximate surface area is 205 Å². The molecule has 0 saturated carbocycles. The molecule has 0 atom stereocenters. The summed E-state index contributed by atoms with van der Waals surface area (Å²) < 4.78 is 0. The highest BCUT2D eigenvalue weighted by Crippen LogP contribution is 2.24. The lowest BCUT2D eigenvalue weighted by atomic mass is 10.0. The molecular formula is C26H29Cl2N5. The smallest absolute Gasteiger partial charge is 0.132 e. The van der Waals surface area contributed by atoms with Gasteiger partial charge in [-0.15, -0.1) is 0 Å². The van der Waals surface area contributed by atoms with Crippen molar-refractivity contribution in [2.45, 2.75) is 25.4 Å². The summed E-state index contributed by atoms with van der Waals surface area (Å²) in [6.07, 6.45) is 11.9. The van der Waals surface area contributed by atoms with Gasteiger partial charge in [0.25, 0.3) is 0 Å². The number of amidine groups is 1. The van der Waals surface area contributed by atoms with E-state index >= 15 is 0 Å². The highest BCUT2D eigenvalue weighted by Gasteiger charge is 2.19. The molecule has 1 aromatic heterocycles. The minimum atomic E-state index is 0.520. The van der Waals surface area contributed by atoms with E-state index in [2.05, 4.69) is 33.2 Å². The van der Waals surface area contributed by atoms with Gasteiger partial charge >= 0.3 is 0 Å². The summed E-state index contributed by atoms with van der Waals surface area (Å²) in [4.78, 5) is 11.4. The molecule has 0 radical (unpaired) electrons. The average molecular weight is 482 g/mol. The van der Waals surface area contributed by atoms with Crippen LogP contribution in [0.1, 0.15) is 24.0 Å². The van der Waals surface area contributed by atoms with Gasteiger partial charge in [-0.1, -0.05) is 48.0 Å². The summed E-state index contributed by atoms with van der Waals surface area (Å²) in [6.45, 7) is 8.70. The fourth-order valence-electron chi connectivity index (χ4n) is 4.05. The Balaban J connectivity index is 1.22. The Morgan fingerprint density at radius 2 is 2.03 bits per heavy atom. The third-order valence-corrected chi connectivity index (χ3v) is 6.62. The third kappa shape index (κ3) is 6.78. The van der Waals surface area contributed by atoms with Crippen LogP contribution >= 0.6 is 23.2 Å².